The Labute approximate surface area is 123 Å². The molecule has 1 saturated heterocycles. The summed E-state index contributed by atoms with van der Waals surface area (Å²) in [5, 5.41) is 0. The molecule has 112 valence electrons. The molecule has 2 unspecified atom stereocenters. The number of nitrogens with zero attached hydrogens (tertiary/aromatic N) is 1. The maximum absolute atomic E-state index is 6.10. The molecule has 1 aliphatic heterocycles. The summed E-state index contributed by atoms with van der Waals surface area (Å²) in [7, 11) is 1.71. The first-order valence-corrected chi connectivity index (χ1v) is 7.82. The zero-order valence-electron chi connectivity index (χ0n) is 12.8. The topological polar surface area (TPSA) is 38.5 Å². The number of rotatable bonds is 6. The van der Waals surface area contributed by atoms with Crippen LogP contribution in [-0.2, 0) is 6.54 Å². The molecule has 1 aromatic carbocycles. The normalized spacial score (nSPS) is 21.6. The van der Waals surface area contributed by atoms with E-state index in [1.165, 1.54) is 37.9 Å². The SMILES string of the molecule is CCC(N)CC1CCCN(Cc2ccc(OC)cc2)C1. The van der Waals surface area contributed by atoms with Crippen LogP contribution in [0, 0.1) is 5.92 Å². The van der Waals surface area contributed by atoms with Gasteiger partial charge in [-0.05, 0) is 55.8 Å². The zero-order valence-corrected chi connectivity index (χ0v) is 12.8. The van der Waals surface area contributed by atoms with Gasteiger partial charge in [0.05, 0.1) is 7.11 Å². The molecule has 2 atom stereocenters. The molecule has 2 rings (SSSR count). The molecule has 3 heteroatoms. The van der Waals surface area contributed by atoms with E-state index in [-0.39, 0.29) is 0 Å². The number of nitrogens with two attached hydrogens (primary N) is 1. The van der Waals surface area contributed by atoms with Gasteiger partial charge in [0.15, 0.2) is 0 Å². The van der Waals surface area contributed by atoms with Gasteiger partial charge in [-0.25, -0.2) is 0 Å². The molecule has 1 aromatic rings. The van der Waals surface area contributed by atoms with Crippen molar-refractivity contribution in [1.29, 1.82) is 0 Å². The Balaban J connectivity index is 1.85. The van der Waals surface area contributed by atoms with Crippen molar-refractivity contribution in [3.63, 3.8) is 0 Å². The van der Waals surface area contributed by atoms with Crippen molar-refractivity contribution in [3.8, 4) is 5.75 Å². The smallest absolute Gasteiger partial charge is 0.118 e. The lowest BCUT2D eigenvalue weighted by atomic mass is 9.90. The highest BCUT2D eigenvalue weighted by atomic mass is 16.5. The number of piperidine rings is 1. The number of likely N-dealkylation sites (tertiary alicyclic amines) is 1. The standard InChI is InChI=1S/C17H28N2O/c1-3-16(18)11-15-5-4-10-19(13-15)12-14-6-8-17(20-2)9-7-14/h6-9,15-16H,3-5,10-13,18H2,1-2H3. The fraction of sp³-hybridized carbons (Fsp3) is 0.647. The number of hydrogen-bond acceptors (Lipinski definition) is 3. The van der Waals surface area contributed by atoms with Crippen molar-refractivity contribution < 1.29 is 4.74 Å². The first-order valence-electron chi connectivity index (χ1n) is 7.82. The van der Waals surface area contributed by atoms with Gasteiger partial charge in [0.1, 0.15) is 5.75 Å². The Bertz CT molecular complexity index is 390. The lowest BCUT2D eigenvalue weighted by molar-refractivity contribution is 0.156. The fourth-order valence-electron chi connectivity index (χ4n) is 3.07. The average molecular weight is 276 g/mol. The second-order valence-electron chi connectivity index (χ2n) is 6.00. The summed E-state index contributed by atoms with van der Waals surface area (Å²) >= 11 is 0. The van der Waals surface area contributed by atoms with Gasteiger partial charge in [-0.2, -0.15) is 0 Å². The highest BCUT2D eigenvalue weighted by Crippen LogP contribution is 2.23. The van der Waals surface area contributed by atoms with Gasteiger partial charge in [0.25, 0.3) is 0 Å². The number of hydrogen-bond donors (Lipinski definition) is 1. The van der Waals surface area contributed by atoms with Crippen LogP contribution in [-0.4, -0.2) is 31.1 Å². The molecule has 1 aliphatic rings. The number of methoxy groups -OCH3 is 1. The quantitative estimate of drug-likeness (QED) is 0.868. The third-order valence-corrected chi connectivity index (χ3v) is 4.33. The van der Waals surface area contributed by atoms with Crippen LogP contribution in [0.1, 0.15) is 38.2 Å². The van der Waals surface area contributed by atoms with Crippen molar-refractivity contribution >= 4 is 0 Å². The molecular weight excluding hydrogens is 248 g/mol. The molecule has 20 heavy (non-hydrogen) atoms. The highest BCUT2D eigenvalue weighted by Gasteiger charge is 2.21. The van der Waals surface area contributed by atoms with Crippen LogP contribution in [0.5, 0.6) is 5.75 Å². The van der Waals surface area contributed by atoms with Crippen molar-refractivity contribution in [2.24, 2.45) is 11.7 Å². The van der Waals surface area contributed by atoms with E-state index in [9.17, 15) is 0 Å². The van der Waals surface area contributed by atoms with Crippen LogP contribution in [0.3, 0.4) is 0 Å². The minimum Gasteiger partial charge on any atom is -0.497 e. The first kappa shape index (κ1) is 15.3. The van der Waals surface area contributed by atoms with E-state index >= 15 is 0 Å². The van der Waals surface area contributed by atoms with E-state index in [4.69, 9.17) is 10.5 Å². The minimum absolute atomic E-state index is 0.376. The minimum atomic E-state index is 0.376. The van der Waals surface area contributed by atoms with Gasteiger partial charge in [-0.3, -0.25) is 4.90 Å². The summed E-state index contributed by atoms with van der Waals surface area (Å²) in [5.41, 5.74) is 7.47. The predicted molar refractivity (Wildman–Crippen MR) is 83.9 cm³/mol. The van der Waals surface area contributed by atoms with E-state index in [1.54, 1.807) is 7.11 Å². The molecule has 0 bridgehead atoms. The maximum atomic E-state index is 6.10. The summed E-state index contributed by atoms with van der Waals surface area (Å²) in [6, 6.07) is 8.80. The highest BCUT2D eigenvalue weighted by molar-refractivity contribution is 5.27. The maximum Gasteiger partial charge on any atom is 0.118 e. The Morgan fingerprint density at radius 3 is 2.75 bits per heavy atom. The van der Waals surface area contributed by atoms with Gasteiger partial charge in [0, 0.05) is 19.1 Å². The largest absolute Gasteiger partial charge is 0.497 e. The predicted octanol–water partition coefficient (Wildman–Crippen LogP) is 3.03. The van der Waals surface area contributed by atoms with Crippen LogP contribution in [0.4, 0.5) is 0 Å². The van der Waals surface area contributed by atoms with E-state index < -0.39 is 0 Å². The monoisotopic (exact) mass is 276 g/mol. The van der Waals surface area contributed by atoms with Crippen molar-refractivity contribution in [3.05, 3.63) is 29.8 Å². The molecule has 1 heterocycles. The van der Waals surface area contributed by atoms with Crippen LogP contribution < -0.4 is 10.5 Å². The third kappa shape index (κ3) is 4.50. The molecule has 3 nitrogen and oxygen atoms in total. The van der Waals surface area contributed by atoms with Gasteiger partial charge >= 0.3 is 0 Å². The lowest BCUT2D eigenvalue weighted by Gasteiger charge is -2.33. The van der Waals surface area contributed by atoms with E-state index in [0.717, 1.165) is 24.6 Å². The van der Waals surface area contributed by atoms with E-state index in [0.29, 0.717) is 6.04 Å². The van der Waals surface area contributed by atoms with Crippen molar-refractivity contribution in [2.45, 2.75) is 45.2 Å². The molecule has 0 amide bonds. The average Bonchev–Trinajstić information content (AvgIpc) is 2.48. The molecule has 0 spiro atoms. The van der Waals surface area contributed by atoms with Gasteiger partial charge in [0.2, 0.25) is 0 Å². The van der Waals surface area contributed by atoms with Crippen LogP contribution in [0.25, 0.3) is 0 Å². The molecule has 2 N–H and O–H groups in total. The fourth-order valence-corrected chi connectivity index (χ4v) is 3.07. The van der Waals surface area contributed by atoms with Crippen LogP contribution >= 0.6 is 0 Å². The molecule has 0 aliphatic carbocycles. The van der Waals surface area contributed by atoms with Gasteiger partial charge < -0.3 is 10.5 Å². The van der Waals surface area contributed by atoms with E-state index in [1.807, 2.05) is 12.1 Å². The van der Waals surface area contributed by atoms with Crippen molar-refractivity contribution in [2.75, 3.05) is 20.2 Å². The second-order valence-corrected chi connectivity index (χ2v) is 6.00. The first-order chi connectivity index (χ1) is 9.71. The summed E-state index contributed by atoms with van der Waals surface area (Å²) in [6.45, 7) is 5.63. The summed E-state index contributed by atoms with van der Waals surface area (Å²) in [4.78, 5) is 2.57. The number of benzene rings is 1. The van der Waals surface area contributed by atoms with Gasteiger partial charge in [-0.15, -0.1) is 0 Å². The number of ether oxygens (including phenoxy) is 1. The summed E-state index contributed by atoms with van der Waals surface area (Å²) < 4.78 is 5.20. The Kier molecular flexibility index (Phi) is 5.86. The summed E-state index contributed by atoms with van der Waals surface area (Å²) in [5.74, 6) is 1.70. The second kappa shape index (κ2) is 7.65. The van der Waals surface area contributed by atoms with Crippen LogP contribution in [0.15, 0.2) is 24.3 Å². The van der Waals surface area contributed by atoms with E-state index in [2.05, 4.69) is 24.0 Å². The Morgan fingerprint density at radius 2 is 2.10 bits per heavy atom. The molecule has 0 radical (unpaired) electrons. The molecular formula is C17H28N2O. The zero-order chi connectivity index (χ0) is 14.4. The third-order valence-electron chi connectivity index (χ3n) is 4.33. The molecule has 1 fully saturated rings. The van der Waals surface area contributed by atoms with Crippen molar-refractivity contribution in [1.82, 2.24) is 4.90 Å². The lowest BCUT2D eigenvalue weighted by Crippen LogP contribution is -2.37. The van der Waals surface area contributed by atoms with Crippen LogP contribution in [0.2, 0.25) is 0 Å². The molecule has 0 aromatic heterocycles. The summed E-state index contributed by atoms with van der Waals surface area (Å²) in [6.07, 6.45) is 4.91. The Morgan fingerprint density at radius 1 is 1.35 bits per heavy atom. The Hall–Kier alpha value is -1.06. The molecule has 0 saturated carbocycles. The van der Waals surface area contributed by atoms with Gasteiger partial charge in [-0.1, -0.05) is 19.1 Å².